The van der Waals surface area contributed by atoms with E-state index in [-0.39, 0.29) is 12.4 Å². The number of ether oxygens (including phenoxy) is 2. The van der Waals surface area contributed by atoms with Gasteiger partial charge in [0.15, 0.2) is 0 Å². The van der Waals surface area contributed by atoms with Crippen LogP contribution in [0, 0.1) is 0 Å². The quantitative estimate of drug-likeness (QED) is 0.159. The van der Waals surface area contributed by atoms with Gasteiger partial charge in [-0.25, -0.2) is 0 Å². The summed E-state index contributed by atoms with van der Waals surface area (Å²) >= 11 is -2.62. The van der Waals surface area contributed by atoms with Gasteiger partial charge in [-0.05, 0) is 0 Å². The van der Waals surface area contributed by atoms with Crippen molar-refractivity contribution in [1.29, 1.82) is 0 Å². The molecule has 3 atom stereocenters. The van der Waals surface area contributed by atoms with Crippen molar-refractivity contribution in [3.63, 3.8) is 0 Å². The molecule has 2 rings (SSSR count). The zero-order valence-electron chi connectivity index (χ0n) is 25.9. The molecule has 214 valence electrons. The van der Waals surface area contributed by atoms with E-state index in [2.05, 4.69) is 92.6 Å². The van der Waals surface area contributed by atoms with Crippen LogP contribution in [-0.2, 0) is 13.9 Å². The Balaban J connectivity index is 2.41. The molecule has 0 radical (unpaired) electrons. The molecule has 0 unspecified atom stereocenters. The fourth-order valence-electron chi connectivity index (χ4n) is 7.16. The van der Waals surface area contributed by atoms with Gasteiger partial charge in [-0.2, -0.15) is 0 Å². The second-order valence-corrected chi connectivity index (χ2v) is 32.0. The van der Waals surface area contributed by atoms with Crippen LogP contribution in [0.4, 0.5) is 0 Å². The zero-order valence-corrected chi connectivity index (χ0v) is 29.7. The van der Waals surface area contributed by atoms with E-state index >= 15 is 0 Å². The first kappa shape index (κ1) is 33.3. The first-order valence-electron chi connectivity index (χ1n) is 15.7. The molecule has 0 aromatic heterocycles. The van der Waals surface area contributed by atoms with E-state index in [1.165, 1.54) is 57.4 Å². The van der Waals surface area contributed by atoms with Crippen molar-refractivity contribution in [1.82, 2.24) is 0 Å². The van der Waals surface area contributed by atoms with E-state index in [9.17, 15) is 0 Å². The van der Waals surface area contributed by atoms with Gasteiger partial charge < -0.3 is 0 Å². The van der Waals surface area contributed by atoms with Gasteiger partial charge in [0.05, 0.1) is 0 Å². The molecule has 0 N–H and O–H groups in total. The van der Waals surface area contributed by atoms with E-state index in [0.717, 1.165) is 13.0 Å². The second-order valence-electron chi connectivity index (χ2n) is 12.7. The molecule has 0 spiro atoms. The Hall–Kier alpha value is 0.116. The summed E-state index contributed by atoms with van der Waals surface area (Å²) in [6.07, 6.45) is 8.87. The molecule has 0 bridgehead atoms. The van der Waals surface area contributed by atoms with E-state index in [4.69, 9.17) is 13.9 Å². The Labute approximate surface area is 235 Å². The molecule has 1 aromatic carbocycles. The standard InChI is InChI=1S/C20H33O3Si.3C4H9.Sn/c1-15(2)24(16(3)4,17(5)6)22-14-19-12-13-21-20(23-19)18-10-8-7-9-11-18;3*1-3-4-2;/h7-11,13,15-17,19-20H,12,14H2,1-6H3;3*1,3-4H2,2H3;/t19-,20-;;;;/m0..../s1. The van der Waals surface area contributed by atoms with Crippen LogP contribution in [-0.4, -0.2) is 43.5 Å². The first-order valence-corrected chi connectivity index (χ1v) is 25.5. The summed E-state index contributed by atoms with van der Waals surface area (Å²) in [4.78, 5) is 0. The average Bonchev–Trinajstić information content (AvgIpc) is 2.88. The molecule has 37 heavy (non-hydrogen) atoms. The Bertz CT molecular complexity index is 695. The van der Waals surface area contributed by atoms with E-state index < -0.39 is 26.7 Å². The Kier molecular flexibility index (Phi) is 14.8. The molecule has 1 aliphatic rings. The van der Waals surface area contributed by atoms with Gasteiger partial charge in [0.1, 0.15) is 0 Å². The van der Waals surface area contributed by atoms with Gasteiger partial charge in [0, 0.05) is 0 Å². The van der Waals surface area contributed by atoms with Gasteiger partial charge in [0.25, 0.3) is 0 Å². The van der Waals surface area contributed by atoms with Crippen LogP contribution in [0.25, 0.3) is 0 Å². The third-order valence-electron chi connectivity index (χ3n) is 9.15. The van der Waals surface area contributed by atoms with Gasteiger partial charge in [0.2, 0.25) is 0 Å². The van der Waals surface area contributed by atoms with Crippen LogP contribution < -0.4 is 0 Å². The minimum absolute atomic E-state index is 0.119. The first-order chi connectivity index (χ1) is 17.7. The Morgan fingerprint density at radius 1 is 0.784 bits per heavy atom. The van der Waals surface area contributed by atoms with Gasteiger partial charge in [-0.15, -0.1) is 0 Å². The molecule has 0 amide bonds. The normalized spacial score (nSPS) is 21.4. The summed E-state index contributed by atoms with van der Waals surface area (Å²) in [6.45, 7) is 22.1. The third kappa shape index (κ3) is 8.80. The molecule has 3 nitrogen and oxygen atoms in total. The number of benzene rings is 1. The fourth-order valence-corrected chi connectivity index (χ4v) is 29.9. The maximum atomic E-state index is 7.12. The van der Waals surface area contributed by atoms with Crippen molar-refractivity contribution < 1.29 is 13.9 Å². The summed E-state index contributed by atoms with van der Waals surface area (Å²) in [6, 6.07) is 10.7. The van der Waals surface area contributed by atoms with Crippen LogP contribution in [0.5, 0.6) is 0 Å². The minimum atomic E-state index is -2.62. The summed E-state index contributed by atoms with van der Waals surface area (Å²) in [5.41, 5.74) is 2.93. The van der Waals surface area contributed by atoms with Gasteiger partial charge >= 0.3 is 237 Å². The molecular formula is C32H60O3SiSn. The van der Waals surface area contributed by atoms with E-state index in [1.54, 1.807) is 0 Å². The topological polar surface area (TPSA) is 27.7 Å². The summed E-state index contributed by atoms with van der Waals surface area (Å²) in [5, 5.41) is 0. The molecule has 0 saturated carbocycles. The SMILES string of the molecule is CCC[CH2][Sn]([CH2]CCC)([CH2]CCC)[C@@H]1C[C@@H](CO[Si](C(C)C)(C(C)C)C(C)C)O[C@@H](c2ccccc2)O1. The summed E-state index contributed by atoms with van der Waals surface area (Å²) in [7, 11) is -1.95. The zero-order chi connectivity index (χ0) is 27.5. The van der Waals surface area contributed by atoms with Crippen molar-refractivity contribution in [3.8, 4) is 0 Å². The Morgan fingerprint density at radius 2 is 1.27 bits per heavy atom. The summed E-state index contributed by atoms with van der Waals surface area (Å²) < 4.78 is 25.8. The second kappa shape index (κ2) is 16.4. The van der Waals surface area contributed by atoms with Crippen LogP contribution in [0.2, 0.25) is 29.9 Å². The number of unbranched alkanes of at least 4 members (excludes halogenated alkanes) is 3. The predicted octanol–water partition coefficient (Wildman–Crippen LogP) is 10.4. The fraction of sp³-hybridized carbons (Fsp3) is 0.812. The molecule has 1 heterocycles. The van der Waals surface area contributed by atoms with Crippen molar-refractivity contribution in [2.45, 2.75) is 154 Å². The summed E-state index contributed by atoms with van der Waals surface area (Å²) in [5.74, 6) is 0. The monoisotopic (exact) mass is 640 g/mol. The van der Waals surface area contributed by atoms with Crippen molar-refractivity contribution in [3.05, 3.63) is 35.9 Å². The van der Waals surface area contributed by atoms with Gasteiger partial charge in [-0.3, -0.25) is 0 Å². The van der Waals surface area contributed by atoms with Crippen LogP contribution in [0.1, 0.15) is 119 Å². The van der Waals surface area contributed by atoms with Crippen molar-refractivity contribution in [2.75, 3.05) is 6.61 Å². The average molecular weight is 640 g/mol. The predicted molar refractivity (Wildman–Crippen MR) is 165 cm³/mol. The number of hydrogen-bond donors (Lipinski definition) is 0. The van der Waals surface area contributed by atoms with Crippen molar-refractivity contribution >= 4 is 26.7 Å². The van der Waals surface area contributed by atoms with E-state index in [1.807, 2.05) is 0 Å². The molecule has 1 aliphatic heterocycles. The van der Waals surface area contributed by atoms with Gasteiger partial charge in [-0.1, -0.05) is 0 Å². The molecule has 1 fully saturated rings. The van der Waals surface area contributed by atoms with E-state index in [0.29, 0.717) is 20.7 Å². The molecule has 5 heteroatoms. The molecular weight excluding hydrogens is 579 g/mol. The van der Waals surface area contributed by atoms with Crippen molar-refractivity contribution in [2.24, 2.45) is 0 Å². The molecule has 1 saturated heterocycles. The number of hydrogen-bond acceptors (Lipinski definition) is 3. The maximum absolute atomic E-state index is 7.12. The third-order valence-corrected chi connectivity index (χ3v) is 31.7. The van der Waals surface area contributed by atoms with Crippen LogP contribution in [0.15, 0.2) is 30.3 Å². The van der Waals surface area contributed by atoms with Crippen LogP contribution in [0.3, 0.4) is 0 Å². The molecule has 1 aromatic rings. The molecule has 0 aliphatic carbocycles. The van der Waals surface area contributed by atoms with Crippen LogP contribution >= 0.6 is 0 Å². The number of rotatable bonds is 17. The Morgan fingerprint density at radius 3 is 1.70 bits per heavy atom.